The van der Waals surface area contributed by atoms with Gasteiger partial charge >= 0.3 is 0 Å². The molecule has 1 aliphatic rings. The van der Waals surface area contributed by atoms with Crippen LogP contribution in [0.4, 0.5) is 5.82 Å². The number of carbonyl (C=O) groups excluding carboxylic acids is 1. The lowest BCUT2D eigenvalue weighted by atomic mass is 9.97. The van der Waals surface area contributed by atoms with E-state index in [1.165, 1.54) is 0 Å². The zero-order chi connectivity index (χ0) is 20.8. The summed E-state index contributed by atoms with van der Waals surface area (Å²) in [5.41, 5.74) is 3.94. The third-order valence-corrected chi connectivity index (χ3v) is 6.01. The van der Waals surface area contributed by atoms with Crippen molar-refractivity contribution in [3.63, 3.8) is 0 Å². The van der Waals surface area contributed by atoms with Crippen molar-refractivity contribution in [1.29, 1.82) is 0 Å². The summed E-state index contributed by atoms with van der Waals surface area (Å²) < 4.78 is 0. The molecule has 1 fully saturated rings. The summed E-state index contributed by atoms with van der Waals surface area (Å²) in [4.78, 5) is 23.6. The average Bonchev–Trinajstić information content (AvgIpc) is 2.83. The Kier molecular flexibility index (Phi) is 6.74. The fourth-order valence-corrected chi connectivity index (χ4v) is 4.01. The number of nitrogens with one attached hydrogen (secondary N) is 1. The molecule has 0 atom stereocenters. The lowest BCUT2D eigenvalue weighted by molar-refractivity contribution is -0.118. The van der Waals surface area contributed by atoms with Crippen LogP contribution in [-0.2, 0) is 4.79 Å². The van der Waals surface area contributed by atoms with Gasteiger partial charge in [-0.25, -0.2) is 4.98 Å². The van der Waals surface area contributed by atoms with Crippen LogP contribution in [0.3, 0.4) is 0 Å². The van der Waals surface area contributed by atoms with E-state index >= 15 is 0 Å². The number of piperidine rings is 1. The quantitative estimate of drug-likeness (QED) is 0.544. The molecule has 154 valence electrons. The summed E-state index contributed by atoms with van der Waals surface area (Å²) in [6, 6.07) is 20.5. The number of aromatic nitrogens is 2. The Labute approximate surface area is 185 Å². The Bertz CT molecular complexity index is 973. The molecular formula is C24H25BrN4O. The molecule has 0 unspecified atom stereocenters. The van der Waals surface area contributed by atoms with Gasteiger partial charge in [-0.15, -0.1) is 0 Å². The second-order valence-electron chi connectivity index (χ2n) is 7.53. The first-order valence-electron chi connectivity index (χ1n) is 10.3. The van der Waals surface area contributed by atoms with Crippen LogP contribution in [0, 0.1) is 5.92 Å². The van der Waals surface area contributed by atoms with Crippen LogP contribution in [-0.4, -0.2) is 40.8 Å². The fraction of sp³-hybridized carbons (Fsp3) is 0.292. The molecule has 0 bridgehead atoms. The van der Waals surface area contributed by atoms with E-state index in [0.717, 1.165) is 60.8 Å². The first-order valence-corrected chi connectivity index (χ1v) is 11.4. The van der Waals surface area contributed by atoms with E-state index in [2.05, 4.69) is 50.4 Å². The Morgan fingerprint density at radius 2 is 1.57 bits per heavy atom. The zero-order valence-electron chi connectivity index (χ0n) is 16.8. The monoisotopic (exact) mass is 464 g/mol. The lowest BCUT2D eigenvalue weighted by Gasteiger charge is -2.33. The van der Waals surface area contributed by atoms with Crippen molar-refractivity contribution < 1.29 is 4.79 Å². The van der Waals surface area contributed by atoms with E-state index in [1.54, 1.807) is 0 Å². The van der Waals surface area contributed by atoms with Crippen LogP contribution in [0.15, 0.2) is 66.9 Å². The largest absolute Gasteiger partial charge is 0.355 e. The number of hydrogen-bond acceptors (Lipinski definition) is 4. The number of carbonyl (C=O) groups is 1. The highest BCUT2D eigenvalue weighted by Gasteiger charge is 2.22. The number of alkyl halides is 1. The second kappa shape index (κ2) is 9.85. The Morgan fingerprint density at radius 1 is 0.967 bits per heavy atom. The van der Waals surface area contributed by atoms with Gasteiger partial charge in [0.2, 0.25) is 5.91 Å². The topological polar surface area (TPSA) is 58.1 Å². The van der Waals surface area contributed by atoms with Gasteiger partial charge in [0.05, 0.1) is 22.9 Å². The number of rotatable bonds is 6. The van der Waals surface area contributed by atoms with E-state index in [9.17, 15) is 4.79 Å². The van der Waals surface area contributed by atoms with Gasteiger partial charge in [0.1, 0.15) is 5.82 Å². The normalized spacial score (nSPS) is 14.5. The van der Waals surface area contributed by atoms with E-state index < -0.39 is 0 Å². The summed E-state index contributed by atoms with van der Waals surface area (Å²) in [7, 11) is 0. The number of amides is 1. The molecule has 2 heterocycles. The van der Waals surface area contributed by atoms with Gasteiger partial charge < -0.3 is 10.2 Å². The van der Waals surface area contributed by atoms with Crippen LogP contribution in [0.2, 0.25) is 0 Å². The molecule has 0 radical (unpaired) electrons. The van der Waals surface area contributed by atoms with Crippen LogP contribution in [0.25, 0.3) is 22.5 Å². The first kappa shape index (κ1) is 20.5. The summed E-state index contributed by atoms with van der Waals surface area (Å²) >= 11 is 3.19. The van der Waals surface area contributed by atoms with Crippen LogP contribution < -0.4 is 10.2 Å². The highest BCUT2D eigenvalue weighted by atomic mass is 79.9. The van der Waals surface area contributed by atoms with Crippen molar-refractivity contribution in [2.24, 2.45) is 5.92 Å². The van der Waals surface area contributed by atoms with E-state index in [-0.39, 0.29) is 5.91 Å². The summed E-state index contributed by atoms with van der Waals surface area (Å²) in [5, 5.41) is 3.34. The van der Waals surface area contributed by atoms with Crippen molar-refractivity contribution in [2.75, 3.05) is 29.9 Å². The third-order valence-electron chi connectivity index (χ3n) is 5.50. The smallest absolute Gasteiger partial charge is 0.230 e. The predicted molar refractivity (Wildman–Crippen MR) is 125 cm³/mol. The predicted octanol–water partition coefficient (Wildman–Crippen LogP) is 4.54. The first-order chi connectivity index (χ1) is 14.7. The molecule has 3 aromatic rings. The second-order valence-corrected chi connectivity index (χ2v) is 8.09. The number of benzene rings is 2. The van der Waals surface area contributed by atoms with Gasteiger partial charge in [0.15, 0.2) is 0 Å². The highest BCUT2D eigenvalue weighted by molar-refractivity contribution is 9.09. The molecule has 2 aromatic carbocycles. The van der Waals surface area contributed by atoms with Gasteiger partial charge in [-0.2, -0.15) is 0 Å². The average molecular weight is 465 g/mol. The molecule has 5 nitrogen and oxygen atoms in total. The zero-order valence-corrected chi connectivity index (χ0v) is 18.4. The number of anilines is 1. The van der Waals surface area contributed by atoms with E-state index in [4.69, 9.17) is 9.97 Å². The van der Waals surface area contributed by atoms with Crippen LogP contribution >= 0.6 is 15.9 Å². The molecule has 0 saturated carbocycles. The van der Waals surface area contributed by atoms with E-state index in [0.29, 0.717) is 11.2 Å². The van der Waals surface area contributed by atoms with Crippen LogP contribution in [0.1, 0.15) is 12.8 Å². The molecule has 1 aromatic heterocycles. The maximum Gasteiger partial charge on any atom is 0.230 e. The number of hydrogen-bond donors (Lipinski definition) is 1. The van der Waals surface area contributed by atoms with Gasteiger partial charge in [0, 0.05) is 30.8 Å². The van der Waals surface area contributed by atoms with Gasteiger partial charge in [0.25, 0.3) is 0 Å². The minimum Gasteiger partial charge on any atom is -0.355 e. The molecule has 0 spiro atoms. The standard InChI is InChI=1S/C24H25BrN4O/c25-15-22(30)26-16-18-11-13-29(14-12-18)21-17-27-23(19-7-3-1-4-8-19)24(28-21)20-9-5-2-6-10-20/h1-10,17-18H,11-16H2,(H,26,30). The van der Waals surface area contributed by atoms with Crippen molar-refractivity contribution >= 4 is 27.7 Å². The van der Waals surface area contributed by atoms with Gasteiger partial charge in [-0.1, -0.05) is 76.6 Å². The van der Waals surface area contributed by atoms with Crippen molar-refractivity contribution in [2.45, 2.75) is 12.8 Å². The Morgan fingerprint density at radius 3 is 2.17 bits per heavy atom. The van der Waals surface area contributed by atoms with Gasteiger partial charge in [-0.3, -0.25) is 9.78 Å². The molecule has 0 aliphatic carbocycles. The highest BCUT2D eigenvalue weighted by Crippen LogP contribution is 2.31. The molecule has 30 heavy (non-hydrogen) atoms. The number of halogens is 1. The van der Waals surface area contributed by atoms with Crippen LogP contribution in [0.5, 0.6) is 0 Å². The lowest BCUT2D eigenvalue weighted by Crippen LogP contribution is -2.39. The molecule has 1 amide bonds. The molecule has 4 rings (SSSR count). The molecule has 6 heteroatoms. The Balaban J connectivity index is 1.55. The number of nitrogens with zero attached hydrogens (tertiary/aromatic N) is 3. The molecule has 1 N–H and O–H groups in total. The SMILES string of the molecule is O=C(CBr)NCC1CCN(c2cnc(-c3ccccc3)c(-c3ccccc3)n2)CC1. The van der Waals surface area contributed by atoms with Gasteiger partial charge in [-0.05, 0) is 18.8 Å². The maximum atomic E-state index is 11.5. The van der Waals surface area contributed by atoms with Crippen molar-refractivity contribution in [3.05, 3.63) is 66.9 Å². The summed E-state index contributed by atoms with van der Waals surface area (Å²) in [6.45, 7) is 2.58. The minimum atomic E-state index is 0.0484. The molecule has 1 aliphatic heterocycles. The van der Waals surface area contributed by atoms with Crippen molar-refractivity contribution in [3.8, 4) is 22.5 Å². The van der Waals surface area contributed by atoms with E-state index in [1.807, 2.05) is 42.6 Å². The maximum absolute atomic E-state index is 11.5. The summed E-state index contributed by atoms with van der Waals surface area (Å²) in [5.74, 6) is 1.47. The van der Waals surface area contributed by atoms with Crippen molar-refractivity contribution in [1.82, 2.24) is 15.3 Å². The molecular weight excluding hydrogens is 440 g/mol. The fourth-order valence-electron chi connectivity index (χ4n) is 3.81. The third kappa shape index (κ3) is 4.87. The summed E-state index contributed by atoms with van der Waals surface area (Å²) in [6.07, 6.45) is 3.96. The Hall–Kier alpha value is -2.73. The minimum absolute atomic E-state index is 0.0484. The molecule has 1 saturated heterocycles.